The third-order valence-electron chi connectivity index (χ3n) is 3.05. The van der Waals surface area contributed by atoms with Crippen molar-refractivity contribution in [1.82, 2.24) is 0 Å². The molecule has 0 aliphatic carbocycles. The van der Waals surface area contributed by atoms with E-state index in [1.54, 1.807) is 6.92 Å². The van der Waals surface area contributed by atoms with Gasteiger partial charge in [-0.05, 0) is 18.9 Å². The fourth-order valence-corrected chi connectivity index (χ4v) is 1.56. The molecule has 0 amide bonds. The Morgan fingerprint density at radius 3 is 2.47 bits per heavy atom. The minimum atomic E-state index is -1.26. The summed E-state index contributed by atoms with van der Waals surface area (Å²) in [6.07, 6.45) is 0.726. The first-order chi connectivity index (χ1) is 6.89. The molecule has 0 saturated carbocycles. The highest BCUT2D eigenvalue weighted by Crippen LogP contribution is 2.32. The van der Waals surface area contributed by atoms with Gasteiger partial charge in [0.25, 0.3) is 0 Å². The molecular formula is C12H16F2O. The van der Waals surface area contributed by atoms with Gasteiger partial charge in [0.15, 0.2) is 0 Å². The SMILES string of the molecule is CCC(C)C(C)(O)c1ccc(F)cc1F. The van der Waals surface area contributed by atoms with E-state index < -0.39 is 17.2 Å². The Balaban J connectivity index is 3.15. The van der Waals surface area contributed by atoms with Crippen molar-refractivity contribution in [1.29, 1.82) is 0 Å². The third-order valence-corrected chi connectivity index (χ3v) is 3.05. The van der Waals surface area contributed by atoms with Gasteiger partial charge in [0.2, 0.25) is 0 Å². The highest BCUT2D eigenvalue weighted by atomic mass is 19.1. The van der Waals surface area contributed by atoms with Crippen LogP contribution in [-0.2, 0) is 5.60 Å². The van der Waals surface area contributed by atoms with Crippen molar-refractivity contribution >= 4 is 0 Å². The molecule has 0 radical (unpaired) electrons. The zero-order valence-electron chi connectivity index (χ0n) is 9.22. The fourth-order valence-electron chi connectivity index (χ4n) is 1.56. The number of rotatable bonds is 3. The van der Waals surface area contributed by atoms with Crippen molar-refractivity contribution in [3.05, 3.63) is 35.4 Å². The summed E-state index contributed by atoms with van der Waals surface area (Å²) in [7, 11) is 0. The summed E-state index contributed by atoms with van der Waals surface area (Å²) in [5.41, 5.74) is -1.11. The predicted octanol–water partition coefficient (Wildman–Crippen LogP) is 3.22. The first kappa shape index (κ1) is 12.1. The molecule has 1 aromatic carbocycles. The normalized spacial score (nSPS) is 17.2. The van der Waals surface area contributed by atoms with Gasteiger partial charge < -0.3 is 5.11 Å². The molecule has 0 aliphatic heterocycles. The molecule has 1 N–H and O–H groups in total. The van der Waals surface area contributed by atoms with Crippen molar-refractivity contribution in [2.24, 2.45) is 5.92 Å². The molecule has 2 atom stereocenters. The molecule has 1 nitrogen and oxygen atoms in total. The van der Waals surface area contributed by atoms with E-state index in [4.69, 9.17) is 0 Å². The fraction of sp³-hybridized carbons (Fsp3) is 0.500. The lowest BCUT2D eigenvalue weighted by molar-refractivity contribution is -0.00322. The maximum atomic E-state index is 13.4. The molecule has 15 heavy (non-hydrogen) atoms. The average molecular weight is 214 g/mol. The minimum Gasteiger partial charge on any atom is -0.385 e. The molecule has 0 saturated heterocycles. The lowest BCUT2D eigenvalue weighted by Gasteiger charge is -2.30. The van der Waals surface area contributed by atoms with Gasteiger partial charge in [-0.3, -0.25) is 0 Å². The lowest BCUT2D eigenvalue weighted by Crippen LogP contribution is -2.30. The molecule has 0 bridgehead atoms. The van der Waals surface area contributed by atoms with Gasteiger partial charge in [-0.15, -0.1) is 0 Å². The van der Waals surface area contributed by atoms with E-state index in [1.807, 2.05) is 13.8 Å². The first-order valence-electron chi connectivity index (χ1n) is 5.07. The van der Waals surface area contributed by atoms with Crippen LogP contribution >= 0.6 is 0 Å². The van der Waals surface area contributed by atoms with Gasteiger partial charge in [-0.1, -0.05) is 26.3 Å². The molecule has 84 valence electrons. The molecular weight excluding hydrogens is 198 g/mol. The number of halogens is 2. The Morgan fingerprint density at radius 2 is 2.00 bits per heavy atom. The van der Waals surface area contributed by atoms with Crippen LogP contribution in [0.4, 0.5) is 8.78 Å². The summed E-state index contributed by atoms with van der Waals surface area (Å²) in [4.78, 5) is 0. The predicted molar refractivity (Wildman–Crippen MR) is 55.4 cm³/mol. The summed E-state index contributed by atoms with van der Waals surface area (Å²) in [5, 5.41) is 10.2. The van der Waals surface area contributed by atoms with E-state index >= 15 is 0 Å². The van der Waals surface area contributed by atoms with E-state index in [-0.39, 0.29) is 11.5 Å². The van der Waals surface area contributed by atoms with Crippen LogP contribution in [0.5, 0.6) is 0 Å². The quantitative estimate of drug-likeness (QED) is 0.819. The van der Waals surface area contributed by atoms with Crippen LogP contribution in [0.15, 0.2) is 18.2 Å². The second-order valence-corrected chi connectivity index (χ2v) is 4.08. The topological polar surface area (TPSA) is 20.2 Å². The highest BCUT2D eigenvalue weighted by molar-refractivity contribution is 5.25. The van der Waals surface area contributed by atoms with Gasteiger partial charge in [-0.2, -0.15) is 0 Å². The molecule has 0 aliphatic rings. The molecule has 0 heterocycles. The second-order valence-electron chi connectivity index (χ2n) is 4.08. The highest BCUT2D eigenvalue weighted by Gasteiger charge is 2.31. The van der Waals surface area contributed by atoms with Gasteiger partial charge in [0.05, 0.1) is 5.60 Å². The van der Waals surface area contributed by atoms with Crippen molar-refractivity contribution in [3.8, 4) is 0 Å². The molecule has 0 fully saturated rings. The number of hydrogen-bond donors (Lipinski definition) is 1. The Bertz CT molecular complexity index is 347. The Kier molecular flexibility index (Phi) is 3.45. The molecule has 1 aromatic rings. The zero-order chi connectivity index (χ0) is 11.6. The second kappa shape index (κ2) is 4.27. The zero-order valence-corrected chi connectivity index (χ0v) is 9.22. The van der Waals surface area contributed by atoms with E-state index in [9.17, 15) is 13.9 Å². The molecule has 3 heteroatoms. The maximum Gasteiger partial charge on any atom is 0.132 e. The Hall–Kier alpha value is -0.960. The van der Waals surface area contributed by atoms with Crippen LogP contribution in [0.2, 0.25) is 0 Å². The number of aliphatic hydroxyl groups is 1. The minimum absolute atomic E-state index is 0.0857. The van der Waals surface area contributed by atoms with Crippen molar-refractivity contribution in [2.75, 3.05) is 0 Å². The van der Waals surface area contributed by atoms with E-state index in [0.717, 1.165) is 18.6 Å². The van der Waals surface area contributed by atoms with Crippen molar-refractivity contribution < 1.29 is 13.9 Å². The molecule has 2 unspecified atom stereocenters. The maximum absolute atomic E-state index is 13.4. The van der Waals surface area contributed by atoms with Crippen LogP contribution in [0.3, 0.4) is 0 Å². The van der Waals surface area contributed by atoms with Crippen LogP contribution < -0.4 is 0 Å². The van der Waals surface area contributed by atoms with Gasteiger partial charge >= 0.3 is 0 Å². The standard InChI is InChI=1S/C12H16F2O/c1-4-8(2)12(3,15)10-6-5-9(13)7-11(10)14/h5-8,15H,4H2,1-3H3. The van der Waals surface area contributed by atoms with Crippen molar-refractivity contribution in [3.63, 3.8) is 0 Å². The molecule has 0 aromatic heterocycles. The van der Waals surface area contributed by atoms with Gasteiger partial charge in [0, 0.05) is 11.6 Å². The lowest BCUT2D eigenvalue weighted by atomic mass is 9.82. The summed E-state index contributed by atoms with van der Waals surface area (Å²) in [5.74, 6) is -1.41. The number of hydrogen-bond acceptors (Lipinski definition) is 1. The van der Waals surface area contributed by atoms with Crippen LogP contribution in [0.25, 0.3) is 0 Å². The van der Waals surface area contributed by atoms with Crippen LogP contribution in [0.1, 0.15) is 32.8 Å². The number of benzene rings is 1. The van der Waals surface area contributed by atoms with Gasteiger partial charge in [-0.25, -0.2) is 8.78 Å². The third kappa shape index (κ3) is 2.34. The van der Waals surface area contributed by atoms with Crippen LogP contribution in [-0.4, -0.2) is 5.11 Å². The average Bonchev–Trinajstić information content (AvgIpc) is 2.15. The van der Waals surface area contributed by atoms with E-state index in [1.165, 1.54) is 6.07 Å². The monoisotopic (exact) mass is 214 g/mol. The van der Waals surface area contributed by atoms with E-state index in [2.05, 4.69) is 0 Å². The molecule has 1 rings (SSSR count). The summed E-state index contributed by atoms with van der Waals surface area (Å²) < 4.78 is 26.1. The Morgan fingerprint density at radius 1 is 1.40 bits per heavy atom. The first-order valence-corrected chi connectivity index (χ1v) is 5.07. The van der Waals surface area contributed by atoms with Gasteiger partial charge in [0.1, 0.15) is 11.6 Å². The Labute approximate surface area is 88.7 Å². The molecule has 0 spiro atoms. The summed E-state index contributed by atoms with van der Waals surface area (Å²) in [6.45, 7) is 5.31. The summed E-state index contributed by atoms with van der Waals surface area (Å²) in [6, 6.07) is 3.26. The van der Waals surface area contributed by atoms with E-state index in [0.29, 0.717) is 0 Å². The summed E-state index contributed by atoms with van der Waals surface area (Å²) >= 11 is 0. The largest absolute Gasteiger partial charge is 0.385 e. The van der Waals surface area contributed by atoms with Crippen molar-refractivity contribution in [2.45, 2.75) is 32.8 Å². The smallest absolute Gasteiger partial charge is 0.132 e. The van der Waals surface area contributed by atoms with Crippen LogP contribution in [0, 0.1) is 17.6 Å².